The summed E-state index contributed by atoms with van der Waals surface area (Å²) in [7, 11) is 1.35. The average Bonchev–Trinajstić information content (AvgIpc) is 3.09. The first-order valence-corrected chi connectivity index (χ1v) is 8.17. The number of rotatable bonds is 7. The van der Waals surface area contributed by atoms with Crippen LogP contribution < -0.4 is 20.1 Å². The number of ether oxygens (including phenoxy) is 2. The third kappa shape index (κ3) is 4.14. The normalized spacial score (nSPS) is 10.8. The van der Waals surface area contributed by atoms with Crippen LogP contribution in [0.5, 0.6) is 11.5 Å². The van der Waals surface area contributed by atoms with Crippen molar-refractivity contribution in [2.75, 3.05) is 24.3 Å². The summed E-state index contributed by atoms with van der Waals surface area (Å²) < 4.78 is 42.5. The molecule has 0 bridgehead atoms. The summed E-state index contributed by atoms with van der Waals surface area (Å²) in [6.45, 7) is -3.05. The van der Waals surface area contributed by atoms with E-state index in [9.17, 15) is 13.6 Å². The fraction of sp³-hybridized carbons (Fsp3) is 0.188. The van der Waals surface area contributed by atoms with E-state index in [0.29, 0.717) is 22.4 Å². The predicted molar refractivity (Wildman–Crippen MR) is 94.2 cm³/mol. The van der Waals surface area contributed by atoms with E-state index in [2.05, 4.69) is 24.1 Å². The Morgan fingerprint density at radius 2 is 2.08 bits per heavy atom. The molecule has 136 valence electrons. The van der Waals surface area contributed by atoms with Crippen LogP contribution in [0, 0.1) is 0 Å². The lowest BCUT2D eigenvalue weighted by Crippen LogP contribution is -2.22. The Morgan fingerprint density at radius 1 is 1.23 bits per heavy atom. The molecule has 0 aliphatic rings. The predicted octanol–water partition coefficient (Wildman–Crippen LogP) is 3.35. The summed E-state index contributed by atoms with van der Waals surface area (Å²) in [5.74, 6) is -0.271. The van der Waals surface area contributed by atoms with Crippen molar-refractivity contribution in [2.24, 2.45) is 0 Å². The van der Waals surface area contributed by atoms with E-state index in [4.69, 9.17) is 4.74 Å². The Bertz CT molecular complexity index is 919. The van der Waals surface area contributed by atoms with Crippen LogP contribution in [0.1, 0.15) is 0 Å². The second kappa shape index (κ2) is 7.91. The molecule has 0 aliphatic heterocycles. The van der Waals surface area contributed by atoms with Gasteiger partial charge in [0.25, 0.3) is 0 Å². The third-order valence-corrected chi connectivity index (χ3v) is 3.94. The summed E-state index contributed by atoms with van der Waals surface area (Å²) >= 11 is 1.06. The molecule has 3 rings (SSSR count). The van der Waals surface area contributed by atoms with Crippen molar-refractivity contribution in [2.45, 2.75) is 6.61 Å². The van der Waals surface area contributed by atoms with Crippen molar-refractivity contribution in [3.05, 3.63) is 36.4 Å². The van der Waals surface area contributed by atoms with Crippen molar-refractivity contribution in [3.63, 3.8) is 0 Å². The van der Waals surface area contributed by atoms with Crippen LogP contribution in [-0.4, -0.2) is 34.9 Å². The largest absolute Gasteiger partial charge is 0.493 e. The number of carbonyl (C=O) groups is 1. The van der Waals surface area contributed by atoms with Gasteiger partial charge in [0.2, 0.25) is 5.91 Å². The summed E-state index contributed by atoms with van der Waals surface area (Å²) in [6, 6.07) is 9.70. The van der Waals surface area contributed by atoms with Crippen LogP contribution in [0.2, 0.25) is 0 Å². The first-order valence-electron chi connectivity index (χ1n) is 7.44. The monoisotopic (exact) mass is 380 g/mol. The Balaban J connectivity index is 1.65. The number of benzene rings is 2. The van der Waals surface area contributed by atoms with Crippen molar-refractivity contribution < 1.29 is 23.0 Å². The van der Waals surface area contributed by atoms with Gasteiger partial charge in [0.1, 0.15) is 11.0 Å². The summed E-state index contributed by atoms with van der Waals surface area (Å²) in [4.78, 5) is 12.1. The van der Waals surface area contributed by atoms with Gasteiger partial charge in [-0.15, -0.1) is 0 Å². The molecular weight excluding hydrogens is 366 g/mol. The lowest BCUT2D eigenvalue weighted by Gasteiger charge is -2.13. The molecule has 2 aromatic carbocycles. The molecular formula is C16H14F2N4O3S. The molecule has 0 spiro atoms. The van der Waals surface area contributed by atoms with E-state index >= 15 is 0 Å². The number of fused-ring (bicyclic) bond motifs is 1. The summed E-state index contributed by atoms with van der Waals surface area (Å²) in [5.41, 5.74) is 2.30. The highest BCUT2D eigenvalue weighted by Gasteiger charge is 2.12. The lowest BCUT2D eigenvalue weighted by molar-refractivity contribution is -0.114. The van der Waals surface area contributed by atoms with Crippen molar-refractivity contribution in [1.82, 2.24) is 8.75 Å². The minimum Gasteiger partial charge on any atom is -0.493 e. The number of halogens is 2. The molecule has 0 saturated heterocycles. The number of alkyl halides is 2. The van der Waals surface area contributed by atoms with Gasteiger partial charge in [0, 0.05) is 11.8 Å². The number of nitrogens with one attached hydrogen (secondary N) is 2. The number of amides is 1. The van der Waals surface area contributed by atoms with Crippen molar-refractivity contribution >= 4 is 40.0 Å². The smallest absolute Gasteiger partial charge is 0.387 e. The average molecular weight is 380 g/mol. The molecule has 0 radical (unpaired) electrons. The topological polar surface area (TPSA) is 85.4 Å². The molecule has 7 nitrogen and oxygen atoms in total. The van der Waals surface area contributed by atoms with Crippen LogP contribution >= 0.6 is 11.7 Å². The summed E-state index contributed by atoms with van der Waals surface area (Å²) in [6.07, 6.45) is 0. The van der Waals surface area contributed by atoms with Gasteiger partial charge in [-0.2, -0.15) is 17.5 Å². The van der Waals surface area contributed by atoms with Gasteiger partial charge < -0.3 is 20.1 Å². The van der Waals surface area contributed by atoms with E-state index in [1.165, 1.54) is 19.2 Å². The second-order valence-electron chi connectivity index (χ2n) is 5.08. The standard InChI is InChI=1S/C16H14F2N4O3S/c1-24-12-6-5-9(7-13(12)25-16(17)18)19-8-14(23)20-10-3-2-4-11-15(10)22-26-21-11/h2-7,16,19H,8H2,1H3,(H,20,23). The Hall–Kier alpha value is -3.01. The zero-order chi connectivity index (χ0) is 18.5. The van der Waals surface area contributed by atoms with Gasteiger partial charge in [-0.3, -0.25) is 4.79 Å². The second-order valence-corrected chi connectivity index (χ2v) is 5.61. The molecule has 0 unspecified atom stereocenters. The van der Waals surface area contributed by atoms with Gasteiger partial charge in [-0.1, -0.05) is 6.07 Å². The molecule has 0 atom stereocenters. The van der Waals surface area contributed by atoms with Crippen LogP contribution in [-0.2, 0) is 4.79 Å². The highest BCUT2D eigenvalue weighted by molar-refractivity contribution is 7.00. The maximum Gasteiger partial charge on any atom is 0.387 e. The van der Waals surface area contributed by atoms with Gasteiger partial charge >= 0.3 is 6.61 Å². The quantitative estimate of drug-likeness (QED) is 0.654. The van der Waals surface area contributed by atoms with E-state index < -0.39 is 6.61 Å². The Morgan fingerprint density at radius 3 is 2.85 bits per heavy atom. The maximum atomic E-state index is 12.5. The zero-order valence-electron chi connectivity index (χ0n) is 13.5. The molecule has 0 fully saturated rings. The molecule has 0 saturated carbocycles. The van der Waals surface area contributed by atoms with Crippen LogP contribution in [0.3, 0.4) is 0 Å². The molecule has 3 aromatic rings. The fourth-order valence-corrected chi connectivity index (χ4v) is 2.81. The minimum absolute atomic E-state index is 0.0750. The molecule has 1 amide bonds. The number of aromatic nitrogens is 2. The molecule has 10 heteroatoms. The van der Waals surface area contributed by atoms with Gasteiger partial charge in [-0.05, 0) is 24.3 Å². The van der Waals surface area contributed by atoms with Crippen LogP contribution in [0.15, 0.2) is 36.4 Å². The van der Waals surface area contributed by atoms with Gasteiger partial charge in [0.05, 0.1) is 31.1 Å². The Labute approximate surface area is 151 Å². The molecule has 26 heavy (non-hydrogen) atoms. The van der Waals surface area contributed by atoms with Crippen LogP contribution in [0.4, 0.5) is 20.2 Å². The van der Waals surface area contributed by atoms with Crippen LogP contribution in [0.25, 0.3) is 11.0 Å². The first-order chi connectivity index (χ1) is 12.6. The molecule has 1 heterocycles. The third-order valence-electron chi connectivity index (χ3n) is 3.39. The van der Waals surface area contributed by atoms with Crippen molar-refractivity contribution in [3.8, 4) is 11.5 Å². The first kappa shape index (κ1) is 17.8. The van der Waals surface area contributed by atoms with Gasteiger partial charge in [0.15, 0.2) is 11.5 Å². The lowest BCUT2D eigenvalue weighted by atomic mass is 10.2. The molecule has 1 aromatic heterocycles. The number of nitrogens with zero attached hydrogens (tertiary/aromatic N) is 2. The van der Waals surface area contributed by atoms with E-state index in [0.717, 1.165) is 11.7 Å². The number of anilines is 2. The van der Waals surface area contributed by atoms with E-state index in [-0.39, 0.29) is 24.0 Å². The Kier molecular flexibility index (Phi) is 5.42. The zero-order valence-corrected chi connectivity index (χ0v) is 14.3. The van der Waals surface area contributed by atoms with E-state index in [1.807, 2.05) is 0 Å². The molecule has 0 aliphatic carbocycles. The fourth-order valence-electron chi connectivity index (χ4n) is 2.26. The summed E-state index contributed by atoms with van der Waals surface area (Å²) in [5, 5.41) is 5.58. The van der Waals surface area contributed by atoms with E-state index in [1.54, 1.807) is 24.3 Å². The number of hydrogen-bond acceptors (Lipinski definition) is 7. The highest BCUT2D eigenvalue weighted by atomic mass is 32.1. The number of methoxy groups -OCH3 is 1. The SMILES string of the molecule is COc1ccc(NCC(=O)Nc2cccc3nsnc23)cc1OC(F)F. The van der Waals surface area contributed by atoms with Crippen molar-refractivity contribution in [1.29, 1.82) is 0 Å². The van der Waals surface area contributed by atoms with Gasteiger partial charge in [-0.25, -0.2) is 0 Å². The highest BCUT2D eigenvalue weighted by Crippen LogP contribution is 2.31. The minimum atomic E-state index is -2.98. The maximum absolute atomic E-state index is 12.5. The number of hydrogen-bond donors (Lipinski definition) is 2. The molecule has 2 N–H and O–H groups in total. The number of carbonyl (C=O) groups excluding carboxylic acids is 1.